The second kappa shape index (κ2) is 19.4. The molecule has 0 atom stereocenters. The number of amides is 2. The van der Waals surface area contributed by atoms with E-state index in [9.17, 15) is 22.8 Å². The lowest BCUT2D eigenvalue weighted by atomic mass is 9.92. The van der Waals surface area contributed by atoms with Gasteiger partial charge in [-0.15, -0.1) is 0 Å². The predicted octanol–water partition coefficient (Wildman–Crippen LogP) is 9.22. The van der Waals surface area contributed by atoms with Gasteiger partial charge < -0.3 is 20.1 Å². The number of benzene rings is 7. The van der Waals surface area contributed by atoms with Crippen LogP contribution in [-0.4, -0.2) is 44.1 Å². The number of primary amides is 1. The summed E-state index contributed by atoms with van der Waals surface area (Å²) < 4.78 is 40.5. The molecule has 62 heavy (non-hydrogen) atoms. The SMILES string of the molecule is Cc1ccc(S(=O)(=O)N(C)CC(=O)N(Cc2cccc(-c3cc(C(N)=O)ccc3-c3ccccc3)c2)c2ccc(C(=O)OCc3ccccc3)c(OCc3ccccc3)c2)cc1. The first-order valence-corrected chi connectivity index (χ1v) is 21.3. The van der Waals surface area contributed by atoms with Crippen molar-refractivity contribution in [3.63, 3.8) is 0 Å². The van der Waals surface area contributed by atoms with Gasteiger partial charge in [-0.3, -0.25) is 9.59 Å². The Morgan fingerprint density at radius 1 is 0.613 bits per heavy atom. The molecule has 2 amide bonds. The third-order valence-electron chi connectivity index (χ3n) is 10.3. The first kappa shape index (κ1) is 42.8. The van der Waals surface area contributed by atoms with E-state index in [1.165, 1.54) is 24.1 Å². The number of esters is 1. The van der Waals surface area contributed by atoms with Crippen molar-refractivity contribution in [2.24, 2.45) is 5.73 Å². The summed E-state index contributed by atoms with van der Waals surface area (Å²) in [6.07, 6.45) is 0. The average molecular weight is 844 g/mol. The highest BCUT2D eigenvalue weighted by Gasteiger charge is 2.28. The Balaban J connectivity index is 1.28. The maximum atomic E-state index is 14.6. The molecule has 0 fully saturated rings. The molecule has 0 aliphatic carbocycles. The Morgan fingerprint density at radius 2 is 1.23 bits per heavy atom. The molecule has 0 aliphatic heterocycles. The molecule has 7 rings (SSSR count). The summed E-state index contributed by atoms with van der Waals surface area (Å²) in [7, 11) is -2.69. The summed E-state index contributed by atoms with van der Waals surface area (Å²) in [5, 5.41) is 0. The zero-order valence-electron chi connectivity index (χ0n) is 34.3. The highest BCUT2D eigenvalue weighted by atomic mass is 32.2. The van der Waals surface area contributed by atoms with Crippen molar-refractivity contribution < 1.29 is 32.3 Å². The van der Waals surface area contributed by atoms with Gasteiger partial charge in [0.2, 0.25) is 21.8 Å². The molecule has 0 aromatic heterocycles. The number of sulfonamides is 1. The normalized spacial score (nSPS) is 11.2. The summed E-state index contributed by atoms with van der Waals surface area (Å²) in [4.78, 5) is 42.1. The predicted molar refractivity (Wildman–Crippen MR) is 241 cm³/mol. The number of carbonyl (C=O) groups is 3. The van der Waals surface area contributed by atoms with E-state index in [-0.39, 0.29) is 36.0 Å². The largest absolute Gasteiger partial charge is 0.488 e. The number of ether oxygens (including phenoxy) is 2. The minimum atomic E-state index is -4.06. The molecule has 10 nitrogen and oxygen atoms in total. The van der Waals surface area contributed by atoms with Gasteiger partial charge in [0.05, 0.1) is 18.0 Å². The standard InChI is InChI=1S/C51H45N3O7S/c1-36-21-25-44(26-22-36)62(58,59)53(2)33-49(55)54(32-39-17-12-20-41(29-39)47-30-42(50(52)56)23-27-45(47)40-18-10-5-11-19-40)43-24-28-46(51(57)61-35-38-15-8-4-9-16-38)48(31-43)60-34-37-13-6-3-7-14-37/h3-31H,32-35H2,1-2H3,(H2,52,56). The number of hydrogen-bond donors (Lipinski definition) is 1. The van der Waals surface area contributed by atoms with Gasteiger partial charge in [-0.05, 0) is 88.3 Å². The van der Waals surface area contributed by atoms with E-state index in [2.05, 4.69) is 0 Å². The molecule has 11 heteroatoms. The van der Waals surface area contributed by atoms with Crippen LogP contribution in [0.25, 0.3) is 22.3 Å². The zero-order chi connectivity index (χ0) is 43.6. The van der Waals surface area contributed by atoms with Crippen LogP contribution in [0.3, 0.4) is 0 Å². The first-order valence-electron chi connectivity index (χ1n) is 19.9. The van der Waals surface area contributed by atoms with Crippen molar-refractivity contribution >= 4 is 33.5 Å². The lowest BCUT2D eigenvalue weighted by Gasteiger charge is -2.27. The van der Waals surface area contributed by atoms with Crippen molar-refractivity contribution in [2.75, 3.05) is 18.5 Å². The van der Waals surface area contributed by atoms with E-state index < -0.39 is 34.4 Å². The lowest BCUT2D eigenvalue weighted by Crippen LogP contribution is -2.41. The van der Waals surface area contributed by atoms with Crippen LogP contribution in [0.2, 0.25) is 0 Å². The van der Waals surface area contributed by atoms with Crippen molar-refractivity contribution in [1.29, 1.82) is 0 Å². The van der Waals surface area contributed by atoms with Crippen LogP contribution >= 0.6 is 0 Å². The summed E-state index contributed by atoms with van der Waals surface area (Å²) in [5.41, 5.74) is 13.1. The molecule has 0 radical (unpaired) electrons. The van der Waals surface area contributed by atoms with Gasteiger partial charge in [0, 0.05) is 24.4 Å². The molecule has 0 unspecified atom stereocenters. The first-order chi connectivity index (χ1) is 30.0. The minimum absolute atomic E-state index is 0.00278. The number of nitrogens with zero attached hydrogens (tertiary/aromatic N) is 2. The highest BCUT2D eigenvalue weighted by Crippen LogP contribution is 2.35. The second-order valence-electron chi connectivity index (χ2n) is 14.8. The Morgan fingerprint density at radius 3 is 1.89 bits per heavy atom. The smallest absolute Gasteiger partial charge is 0.342 e. The quantitative estimate of drug-likeness (QED) is 0.0959. The van der Waals surface area contributed by atoms with Gasteiger partial charge in [-0.1, -0.05) is 133 Å². The third kappa shape index (κ3) is 10.3. The molecular formula is C51H45N3O7S. The number of hydrogen-bond acceptors (Lipinski definition) is 7. The Bertz CT molecular complexity index is 2800. The molecule has 7 aromatic rings. The van der Waals surface area contributed by atoms with E-state index in [0.29, 0.717) is 16.8 Å². The van der Waals surface area contributed by atoms with Gasteiger partial charge in [0.15, 0.2) is 0 Å². The van der Waals surface area contributed by atoms with Crippen molar-refractivity contribution in [2.45, 2.75) is 31.6 Å². The van der Waals surface area contributed by atoms with Gasteiger partial charge >= 0.3 is 5.97 Å². The molecule has 0 heterocycles. The summed E-state index contributed by atoms with van der Waals surface area (Å²) in [6.45, 7) is 1.51. The summed E-state index contributed by atoms with van der Waals surface area (Å²) in [5.74, 6) is -1.55. The third-order valence-corrected chi connectivity index (χ3v) is 12.1. The van der Waals surface area contributed by atoms with Crippen LogP contribution in [0.1, 0.15) is 43.0 Å². The number of rotatable bonds is 16. The van der Waals surface area contributed by atoms with Crippen LogP contribution in [0.4, 0.5) is 5.69 Å². The fraction of sp³-hybridized carbons (Fsp3) is 0.118. The van der Waals surface area contributed by atoms with E-state index in [1.807, 2.05) is 128 Å². The number of anilines is 1. The molecule has 7 aromatic carbocycles. The number of likely N-dealkylation sites (N-methyl/N-ethyl adjacent to an activating group) is 1. The van der Waals surface area contributed by atoms with Gasteiger partial charge in [-0.25, -0.2) is 13.2 Å². The Hall–Kier alpha value is -7.34. The number of nitrogens with two attached hydrogens (primary N) is 1. The maximum Gasteiger partial charge on any atom is 0.342 e. The van der Waals surface area contributed by atoms with E-state index in [1.54, 1.807) is 42.5 Å². The average Bonchev–Trinajstić information content (AvgIpc) is 3.30. The summed E-state index contributed by atoms with van der Waals surface area (Å²) in [6, 6.07) is 52.6. The fourth-order valence-electron chi connectivity index (χ4n) is 6.90. The van der Waals surface area contributed by atoms with Crippen LogP contribution in [0.15, 0.2) is 181 Å². The van der Waals surface area contributed by atoms with Crippen LogP contribution < -0.4 is 15.4 Å². The number of aryl methyl sites for hydroxylation is 1. The van der Waals surface area contributed by atoms with Crippen molar-refractivity contribution in [3.8, 4) is 28.0 Å². The van der Waals surface area contributed by atoms with Crippen molar-refractivity contribution in [1.82, 2.24) is 4.31 Å². The molecule has 0 aliphatic rings. The highest BCUT2D eigenvalue weighted by molar-refractivity contribution is 7.89. The zero-order valence-corrected chi connectivity index (χ0v) is 35.1. The Kier molecular flexibility index (Phi) is 13.4. The minimum Gasteiger partial charge on any atom is -0.488 e. The topological polar surface area (TPSA) is 136 Å². The molecular weight excluding hydrogens is 799 g/mol. The van der Waals surface area contributed by atoms with Crippen molar-refractivity contribution in [3.05, 3.63) is 209 Å². The van der Waals surface area contributed by atoms with E-state index >= 15 is 0 Å². The summed E-state index contributed by atoms with van der Waals surface area (Å²) >= 11 is 0. The Labute approximate surface area is 361 Å². The number of carbonyl (C=O) groups excluding carboxylic acids is 3. The molecule has 0 saturated heterocycles. The molecule has 0 saturated carbocycles. The molecule has 2 N–H and O–H groups in total. The monoisotopic (exact) mass is 843 g/mol. The molecule has 0 spiro atoms. The van der Waals surface area contributed by atoms with Crippen LogP contribution in [0, 0.1) is 6.92 Å². The van der Waals surface area contributed by atoms with Crippen LogP contribution in [0.5, 0.6) is 5.75 Å². The molecule has 0 bridgehead atoms. The second-order valence-corrected chi connectivity index (χ2v) is 16.8. The van der Waals surface area contributed by atoms with Gasteiger partial charge in [0.25, 0.3) is 0 Å². The van der Waals surface area contributed by atoms with Crippen LogP contribution in [-0.2, 0) is 39.3 Å². The maximum absolute atomic E-state index is 14.6. The van der Waals surface area contributed by atoms with Gasteiger partial charge in [0.1, 0.15) is 24.5 Å². The molecule has 312 valence electrons. The van der Waals surface area contributed by atoms with E-state index in [4.69, 9.17) is 15.2 Å². The lowest BCUT2D eigenvalue weighted by molar-refractivity contribution is -0.118. The van der Waals surface area contributed by atoms with Gasteiger partial charge in [-0.2, -0.15) is 4.31 Å². The van der Waals surface area contributed by atoms with E-state index in [0.717, 1.165) is 43.2 Å². The fourth-order valence-corrected chi connectivity index (χ4v) is 8.02.